The number of piperazine rings is 1. The third-order valence-electron chi connectivity index (χ3n) is 3.98. The summed E-state index contributed by atoms with van der Waals surface area (Å²) in [6.07, 6.45) is 3.23. The largest absolute Gasteiger partial charge is 0.346 e. The average molecular weight is 305 g/mol. The highest BCUT2D eigenvalue weighted by Gasteiger charge is 2.24. The van der Waals surface area contributed by atoms with Crippen molar-refractivity contribution in [2.24, 2.45) is 5.92 Å². The summed E-state index contributed by atoms with van der Waals surface area (Å²) in [5.41, 5.74) is 0.636. The topological polar surface area (TPSA) is 66.7 Å². The molecule has 1 aromatic heterocycles. The van der Waals surface area contributed by atoms with Gasteiger partial charge >= 0.3 is 0 Å². The first-order valence-electron chi connectivity index (χ1n) is 7.88. The van der Waals surface area contributed by atoms with Crippen molar-refractivity contribution in [3.63, 3.8) is 0 Å². The molecule has 1 fully saturated rings. The molecule has 0 aliphatic carbocycles. The smallest absolute Gasteiger partial charge is 0.251 e. The maximum Gasteiger partial charge on any atom is 0.251 e. The zero-order chi connectivity index (χ0) is 15.9. The van der Waals surface area contributed by atoms with Gasteiger partial charge in [0.1, 0.15) is 0 Å². The molecular weight excluding hydrogens is 280 g/mol. The van der Waals surface area contributed by atoms with Crippen molar-refractivity contribution in [3.8, 4) is 0 Å². The average Bonchev–Trinajstić information content (AvgIpc) is 2.55. The molecule has 2 rings (SSSR count). The van der Waals surface area contributed by atoms with Crippen LogP contribution in [0.4, 0.5) is 0 Å². The van der Waals surface area contributed by atoms with Gasteiger partial charge in [0.15, 0.2) is 0 Å². The number of nitrogens with zero attached hydrogens (tertiary/aromatic N) is 2. The monoisotopic (exact) mass is 305 g/mol. The lowest BCUT2D eigenvalue weighted by molar-refractivity contribution is -0.902. The van der Waals surface area contributed by atoms with Gasteiger partial charge in [0.2, 0.25) is 5.91 Å². The number of amides is 2. The van der Waals surface area contributed by atoms with Crippen LogP contribution in [0.5, 0.6) is 0 Å². The molecule has 6 nitrogen and oxygen atoms in total. The summed E-state index contributed by atoms with van der Waals surface area (Å²) in [4.78, 5) is 31.1. The lowest BCUT2D eigenvalue weighted by atomic mass is 10.1. The summed E-state index contributed by atoms with van der Waals surface area (Å²) in [5.74, 6) is 0.252. The molecule has 22 heavy (non-hydrogen) atoms. The molecule has 0 bridgehead atoms. The second kappa shape index (κ2) is 7.89. The van der Waals surface area contributed by atoms with Crippen LogP contribution in [-0.2, 0) is 4.79 Å². The molecule has 0 aromatic carbocycles. The van der Waals surface area contributed by atoms with E-state index in [1.54, 1.807) is 24.5 Å². The summed E-state index contributed by atoms with van der Waals surface area (Å²) < 4.78 is 0. The molecule has 1 aromatic rings. The Bertz CT molecular complexity index is 496. The van der Waals surface area contributed by atoms with Crippen molar-refractivity contribution < 1.29 is 14.5 Å². The molecule has 0 unspecified atom stereocenters. The van der Waals surface area contributed by atoms with Crippen molar-refractivity contribution in [2.75, 3.05) is 39.3 Å². The van der Waals surface area contributed by atoms with Gasteiger partial charge in [-0.15, -0.1) is 0 Å². The number of carbonyl (C=O) groups is 2. The van der Waals surface area contributed by atoms with E-state index in [0.717, 1.165) is 32.7 Å². The highest BCUT2D eigenvalue weighted by molar-refractivity contribution is 5.93. The number of aromatic nitrogens is 1. The maximum atomic E-state index is 11.9. The van der Waals surface area contributed by atoms with Gasteiger partial charge in [-0.2, -0.15) is 0 Å². The first kappa shape index (κ1) is 16.4. The fourth-order valence-electron chi connectivity index (χ4n) is 2.62. The molecule has 1 aliphatic heterocycles. The Morgan fingerprint density at radius 2 is 1.91 bits per heavy atom. The van der Waals surface area contributed by atoms with E-state index in [0.29, 0.717) is 12.1 Å². The highest BCUT2D eigenvalue weighted by atomic mass is 16.2. The summed E-state index contributed by atoms with van der Waals surface area (Å²) in [6, 6.07) is 3.41. The molecule has 1 aliphatic rings. The number of pyridine rings is 1. The number of quaternary nitrogens is 1. The number of nitrogens with one attached hydrogen (secondary N) is 2. The van der Waals surface area contributed by atoms with Crippen LogP contribution in [0.2, 0.25) is 0 Å². The molecule has 6 heteroatoms. The van der Waals surface area contributed by atoms with Gasteiger partial charge in [-0.05, 0) is 12.1 Å². The minimum atomic E-state index is -0.0598. The van der Waals surface area contributed by atoms with Gasteiger partial charge in [-0.1, -0.05) is 13.8 Å². The van der Waals surface area contributed by atoms with Crippen LogP contribution >= 0.6 is 0 Å². The molecule has 0 saturated carbocycles. The highest BCUT2D eigenvalue weighted by Crippen LogP contribution is 2.01. The van der Waals surface area contributed by atoms with Crippen molar-refractivity contribution >= 4 is 11.8 Å². The van der Waals surface area contributed by atoms with Crippen LogP contribution < -0.4 is 10.2 Å². The van der Waals surface area contributed by atoms with Crippen LogP contribution in [0.25, 0.3) is 0 Å². The fourth-order valence-corrected chi connectivity index (χ4v) is 2.62. The van der Waals surface area contributed by atoms with Gasteiger partial charge in [-0.25, -0.2) is 0 Å². The summed E-state index contributed by atoms with van der Waals surface area (Å²) >= 11 is 0. The predicted octanol–water partition coefficient (Wildman–Crippen LogP) is -0.805. The standard InChI is InChI=1S/C16H24N4O2/c1-13(2)16(22)20-11-9-19(10-12-20)8-7-18-15(21)14-3-5-17-6-4-14/h3-6,13H,7-12H2,1-2H3,(H,18,21)/p+1. The Hall–Kier alpha value is -1.95. The molecule has 0 spiro atoms. The SMILES string of the molecule is CC(C)C(=O)N1CC[NH+](CCNC(=O)c2ccncc2)CC1. The third-order valence-corrected chi connectivity index (χ3v) is 3.98. The van der Waals surface area contributed by atoms with E-state index < -0.39 is 0 Å². The van der Waals surface area contributed by atoms with Crippen LogP contribution in [0, 0.1) is 5.92 Å². The lowest BCUT2D eigenvalue weighted by Crippen LogP contribution is -3.15. The summed E-state index contributed by atoms with van der Waals surface area (Å²) in [5, 5.41) is 2.93. The molecule has 2 heterocycles. The molecule has 120 valence electrons. The Balaban J connectivity index is 1.67. The first-order chi connectivity index (χ1) is 10.6. The number of carbonyl (C=O) groups excluding carboxylic acids is 2. The van der Waals surface area contributed by atoms with E-state index in [-0.39, 0.29) is 17.7 Å². The van der Waals surface area contributed by atoms with Crippen LogP contribution in [0.1, 0.15) is 24.2 Å². The molecule has 1 saturated heterocycles. The van der Waals surface area contributed by atoms with Crippen LogP contribution in [0.3, 0.4) is 0 Å². The van der Waals surface area contributed by atoms with Gasteiger partial charge in [-0.3, -0.25) is 14.6 Å². The van der Waals surface area contributed by atoms with Gasteiger partial charge in [0, 0.05) is 23.9 Å². The lowest BCUT2D eigenvalue weighted by Gasteiger charge is -2.33. The molecular formula is C16H25N4O2+. The number of hydrogen-bond acceptors (Lipinski definition) is 3. The van der Waals surface area contributed by atoms with Crippen molar-refractivity contribution in [1.29, 1.82) is 0 Å². The van der Waals surface area contributed by atoms with Crippen molar-refractivity contribution in [2.45, 2.75) is 13.8 Å². The minimum Gasteiger partial charge on any atom is -0.346 e. The van der Waals surface area contributed by atoms with Gasteiger partial charge in [0.25, 0.3) is 5.91 Å². The van der Waals surface area contributed by atoms with Crippen LogP contribution in [-0.4, -0.2) is 61.0 Å². The van der Waals surface area contributed by atoms with E-state index in [1.807, 2.05) is 18.7 Å². The van der Waals surface area contributed by atoms with E-state index in [1.165, 1.54) is 4.90 Å². The predicted molar refractivity (Wildman–Crippen MR) is 83.6 cm³/mol. The van der Waals surface area contributed by atoms with Crippen molar-refractivity contribution in [1.82, 2.24) is 15.2 Å². The third kappa shape index (κ3) is 4.53. The molecule has 2 N–H and O–H groups in total. The second-order valence-corrected chi connectivity index (χ2v) is 5.97. The van der Waals surface area contributed by atoms with Gasteiger partial charge < -0.3 is 15.1 Å². The Labute approximate surface area is 131 Å². The van der Waals surface area contributed by atoms with Crippen molar-refractivity contribution in [3.05, 3.63) is 30.1 Å². The second-order valence-electron chi connectivity index (χ2n) is 5.97. The summed E-state index contributed by atoms with van der Waals surface area (Å²) in [6.45, 7) is 8.93. The number of hydrogen-bond donors (Lipinski definition) is 2. The van der Waals surface area contributed by atoms with E-state index in [9.17, 15) is 9.59 Å². The molecule has 0 atom stereocenters. The maximum absolute atomic E-state index is 11.9. The zero-order valence-corrected chi connectivity index (χ0v) is 13.3. The van der Waals surface area contributed by atoms with Gasteiger partial charge in [0.05, 0.1) is 39.3 Å². The Kier molecular flexibility index (Phi) is 5.89. The van der Waals surface area contributed by atoms with E-state index in [2.05, 4.69) is 10.3 Å². The first-order valence-corrected chi connectivity index (χ1v) is 7.88. The Morgan fingerprint density at radius 3 is 2.50 bits per heavy atom. The minimum absolute atomic E-state index is 0.0598. The van der Waals surface area contributed by atoms with E-state index in [4.69, 9.17) is 0 Å². The number of rotatable bonds is 5. The van der Waals surface area contributed by atoms with E-state index >= 15 is 0 Å². The molecule has 2 amide bonds. The fraction of sp³-hybridized carbons (Fsp3) is 0.562. The molecule has 0 radical (unpaired) electrons. The quantitative estimate of drug-likeness (QED) is 0.748. The van der Waals surface area contributed by atoms with Crippen LogP contribution in [0.15, 0.2) is 24.5 Å². The summed E-state index contributed by atoms with van der Waals surface area (Å²) in [7, 11) is 0. The normalized spacial score (nSPS) is 15.9. The Morgan fingerprint density at radius 1 is 1.27 bits per heavy atom. The zero-order valence-electron chi connectivity index (χ0n) is 13.3.